The molecular formula is C23H44O5. The number of rotatable bonds is 19. The third-order valence-electron chi connectivity index (χ3n) is 6.25. The molecule has 1 aliphatic heterocycles. The van der Waals surface area contributed by atoms with Crippen molar-refractivity contribution in [1.29, 1.82) is 0 Å². The van der Waals surface area contributed by atoms with Gasteiger partial charge in [0.05, 0.1) is 19.3 Å². The Kier molecular flexibility index (Phi) is 13.8. The van der Waals surface area contributed by atoms with Gasteiger partial charge < -0.3 is 20.1 Å². The van der Waals surface area contributed by atoms with Crippen LogP contribution in [0.15, 0.2) is 0 Å². The number of carbonyl (C=O) groups is 1. The summed E-state index contributed by atoms with van der Waals surface area (Å²) >= 11 is 0. The Labute approximate surface area is 171 Å². The minimum Gasteiger partial charge on any atom is -0.479 e. The van der Waals surface area contributed by atoms with Crippen LogP contribution in [-0.2, 0) is 9.53 Å². The van der Waals surface area contributed by atoms with Gasteiger partial charge >= 0.3 is 5.97 Å². The molecule has 0 saturated carbocycles. The van der Waals surface area contributed by atoms with Gasteiger partial charge in [0.2, 0.25) is 0 Å². The Hall–Kier alpha value is -0.650. The Balaban J connectivity index is 2.11. The lowest BCUT2D eigenvalue weighted by atomic mass is 9.88. The minimum atomic E-state index is -0.886. The van der Waals surface area contributed by atoms with Gasteiger partial charge in [0.1, 0.15) is 0 Å². The van der Waals surface area contributed by atoms with Crippen LogP contribution in [0.2, 0.25) is 0 Å². The highest BCUT2D eigenvalue weighted by Crippen LogP contribution is 2.32. The molecule has 0 aliphatic carbocycles. The molecule has 1 aliphatic rings. The highest BCUT2D eigenvalue weighted by molar-refractivity contribution is 5.78. The van der Waals surface area contributed by atoms with E-state index in [0.717, 1.165) is 44.9 Å². The molecule has 5 heteroatoms. The third kappa shape index (κ3) is 10.2. The molecule has 3 unspecified atom stereocenters. The standard InChI is InChI=1S/C23H44O5/c1-2-3-4-5-7-10-13-20(18-21(25)19-24)14-11-8-6-9-12-15-23(22(26)27)16-17-28-23/h20-21,24-25H,2-19H2,1H3,(H,26,27). The van der Waals surface area contributed by atoms with Crippen molar-refractivity contribution in [2.24, 2.45) is 5.92 Å². The molecule has 0 amide bonds. The van der Waals surface area contributed by atoms with Crippen molar-refractivity contribution in [1.82, 2.24) is 0 Å². The lowest BCUT2D eigenvalue weighted by molar-refractivity contribution is -0.196. The van der Waals surface area contributed by atoms with E-state index in [1.807, 2.05) is 0 Å². The molecular weight excluding hydrogens is 356 g/mol. The van der Waals surface area contributed by atoms with Gasteiger partial charge in [-0.3, -0.25) is 0 Å². The van der Waals surface area contributed by atoms with Gasteiger partial charge in [-0.05, 0) is 25.2 Å². The maximum atomic E-state index is 11.3. The minimum absolute atomic E-state index is 0.138. The summed E-state index contributed by atoms with van der Waals surface area (Å²) < 4.78 is 5.31. The first-order valence-corrected chi connectivity index (χ1v) is 11.7. The van der Waals surface area contributed by atoms with E-state index in [1.165, 1.54) is 38.5 Å². The number of hydrogen-bond acceptors (Lipinski definition) is 4. The van der Waals surface area contributed by atoms with Crippen molar-refractivity contribution in [3.63, 3.8) is 0 Å². The Morgan fingerprint density at radius 2 is 1.50 bits per heavy atom. The van der Waals surface area contributed by atoms with Crippen LogP contribution in [-0.4, -0.2) is 46.2 Å². The van der Waals surface area contributed by atoms with Crippen LogP contribution in [0.5, 0.6) is 0 Å². The van der Waals surface area contributed by atoms with E-state index in [-0.39, 0.29) is 6.61 Å². The second-order valence-electron chi connectivity index (χ2n) is 8.70. The molecule has 166 valence electrons. The summed E-state index contributed by atoms with van der Waals surface area (Å²) in [5.74, 6) is -0.300. The number of aliphatic carboxylic acids is 1. The zero-order valence-electron chi connectivity index (χ0n) is 18.0. The first-order chi connectivity index (χ1) is 13.5. The maximum Gasteiger partial charge on any atom is 0.336 e. The van der Waals surface area contributed by atoms with Crippen LogP contribution in [0.25, 0.3) is 0 Å². The number of carboxylic acid groups (broad SMARTS) is 1. The second kappa shape index (κ2) is 15.2. The molecule has 1 fully saturated rings. The van der Waals surface area contributed by atoms with Crippen molar-refractivity contribution in [2.45, 2.75) is 121 Å². The fourth-order valence-corrected chi connectivity index (χ4v) is 4.25. The van der Waals surface area contributed by atoms with E-state index < -0.39 is 17.7 Å². The predicted octanol–water partition coefficient (Wildman–Crippen LogP) is 5.07. The predicted molar refractivity (Wildman–Crippen MR) is 112 cm³/mol. The van der Waals surface area contributed by atoms with Gasteiger partial charge in [-0.2, -0.15) is 0 Å². The number of aliphatic hydroxyl groups excluding tert-OH is 2. The lowest BCUT2D eigenvalue weighted by Gasteiger charge is -2.37. The summed E-state index contributed by atoms with van der Waals surface area (Å²) in [5.41, 5.74) is -0.886. The first kappa shape index (κ1) is 25.4. The summed E-state index contributed by atoms with van der Waals surface area (Å²) in [4.78, 5) is 11.3. The molecule has 0 bridgehead atoms. The quantitative estimate of drug-likeness (QED) is 0.263. The summed E-state index contributed by atoms with van der Waals surface area (Å²) in [7, 11) is 0. The number of carboxylic acids is 1. The number of aliphatic hydroxyl groups is 2. The zero-order chi connectivity index (χ0) is 20.7. The second-order valence-corrected chi connectivity index (χ2v) is 8.70. The Bertz CT molecular complexity index is 394. The van der Waals surface area contributed by atoms with Crippen LogP contribution < -0.4 is 0 Å². The molecule has 28 heavy (non-hydrogen) atoms. The Morgan fingerprint density at radius 3 is 1.96 bits per heavy atom. The molecule has 1 saturated heterocycles. The fourth-order valence-electron chi connectivity index (χ4n) is 4.25. The normalized spacial score (nSPS) is 21.2. The summed E-state index contributed by atoms with van der Waals surface area (Å²) in [5, 5.41) is 28.2. The lowest BCUT2D eigenvalue weighted by Crippen LogP contribution is -2.50. The Morgan fingerprint density at radius 1 is 0.964 bits per heavy atom. The van der Waals surface area contributed by atoms with Gasteiger partial charge in [0.25, 0.3) is 0 Å². The van der Waals surface area contributed by atoms with Crippen molar-refractivity contribution >= 4 is 5.97 Å². The van der Waals surface area contributed by atoms with E-state index in [1.54, 1.807) is 0 Å². The van der Waals surface area contributed by atoms with Gasteiger partial charge in [0, 0.05) is 6.42 Å². The van der Waals surface area contributed by atoms with Gasteiger partial charge in [-0.25, -0.2) is 4.79 Å². The molecule has 1 heterocycles. The molecule has 0 aromatic heterocycles. The fraction of sp³-hybridized carbons (Fsp3) is 0.957. The molecule has 0 aromatic carbocycles. The maximum absolute atomic E-state index is 11.3. The van der Waals surface area contributed by atoms with Crippen LogP contribution in [0.4, 0.5) is 0 Å². The average Bonchev–Trinajstić information content (AvgIpc) is 2.64. The smallest absolute Gasteiger partial charge is 0.336 e. The van der Waals surface area contributed by atoms with E-state index in [4.69, 9.17) is 9.84 Å². The van der Waals surface area contributed by atoms with Gasteiger partial charge in [-0.1, -0.05) is 84.0 Å². The van der Waals surface area contributed by atoms with Crippen molar-refractivity contribution in [3.05, 3.63) is 0 Å². The monoisotopic (exact) mass is 400 g/mol. The molecule has 5 nitrogen and oxygen atoms in total. The summed E-state index contributed by atoms with van der Waals surface area (Å²) in [6, 6.07) is 0. The van der Waals surface area contributed by atoms with Crippen molar-refractivity contribution in [2.75, 3.05) is 13.2 Å². The summed E-state index contributed by atoms with van der Waals surface area (Å²) in [6.45, 7) is 2.67. The first-order valence-electron chi connectivity index (χ1n) is 11.7. The third-order valence-corrected chi connectivity index (χ3v) is 6.25. The van der Waals surface area contributed by atoms with E-state index in [0.29, 0.717) is 31.8 Å². The number of unbranched alkanes of at least 4 members (excludes halogenated alkanes) is 9. The van der Waals surface area contributed by atoms with Crippen molar-refractivity contribution < 1.29 is 24.9 Å². The molecule has 0 aromatic rings. The van der Waals surface area contributed by atoms with E-state index in [9.17, 15) is 15.0 Å². The topological polar surface area (TPSA) is 87.0 Å². The summed E-state index contributed by atoms with van der Waals surface area (Å²) in [6.07, 6.45) is 16.8. The molecule has 3 N–H and O–H groups in total. The van der Waals surface area contributed by atoms with Crippen LogP contribution in [0.1, 0.15) is 110 Å². The number of hydrogen-bond donors (Lipinski definition) is 3. The number of ether oxygens (including phenoxy) is 1. The SMILES string of the molecule is CCCCCCCCC(CCCCCCCC1(C(=O)O)CCO1)CC(O)CO. The molecule has 0 spiro atoms. The average molecular weight is 401 g/mol. The van der Waals surface area contributed by atoms with E-state index in [2.05, 4.69) is 6.92 Å². The van der Waals surface area contributed by atoms with Crippen molar-refractivity contribution in [3.8, 4) is 0 Å². The highest BCUT2D eigenvalue weighted by Gasteiger charge is 2.45. The molecule has 0 radical (unpaired) electrons. The van der Waals surface area contributed by atoms with Crippen LogP contribution in [0, 0.1) is 5.92 Å². The molecule has 1 rings (SSSR count). The van der Waals surface area contributed by atoms with Gasteiger partial charge in [-0.15, -0.1) is 0 Å². The largest absolute Gasteiger partial charge is 0.479 e. The van der Waals surface area contributed by atoms with Gasteiger partial charge in [0.15, 0.2) is 5.60 Å². The van der Waals surface area contributed by atoms with Crippen LogP contribution in [0.3, 0.4) is 0 Å². The zero-order valence-corrected chi connectivity index (χ0v) is 18.0. The molecule has 3 atom stereocenters. The van der Waals surface area contributed by atoms with E-state index >= 15 is 0 Å². The highest BCUT2D eigenvalue weighted by atomic mass is 16.5. The van der Waals surface area contributed by atoms with Crippen LogP contribution >= 0.6 is 0 Å².